The number of para-hydroxylation sites is 2. The smallest absolute Gasteiger partial charge is 0.254 e. The highest BCUT2D eigenvalue weighted by Gasteiger charge is 2.39. The zero-order chi connectivity index (χ0) is 18.7. The molecule has 1 heterocycles. The van der Waals surface area contributed by atoms with Crippen molar-refractivity contribution >= 4 is 29.1 Å². The number of fused-ring (bicyclic) bond motifs is 1. The molecule has 0 aliphatic carbocycles. The van der Waals surface area contributed by atoms with Crippen molar-refractivity contribution < 1.29 is 14.3 Å². The molecular weight excluding hydrogens is 352 g/mol. The number of halogens is 1. The SMILES string of the molecule is C=CCOc1ccccc1CN1C(=O)[C@@H](NC(C)=O)c2cccc(Cl)c21. The molecule has 0 saturated heterocycles. The Morgan fingerprint density at radius 1 is 1.31 bits per heavy atom. The minimum Gasteiger partial charge on any atom is -0.489 e. The largest absolute Gasteiger partial charge is 0.489 e. The average molecular weight is 371 g/mol. The molecule has 26 heavy (non-hydrogen) atoms. The Kier molecular flexibility index (Phi) is 5.28. The monoisotopic (exact) mass is 370 g/mol. The summed E-state index contributed by atoms with van der Waals surface area (Å²) in [6, 6.07) is 12.1. The van der Waals surface area contributed by atoms with Crippen LogP contribution in [0.1, 0.15) is 24.1 Å². The normalized spacial score (nSPS) is 15.5. The fraction of sp³-hybridized carbons (Fsp3) is 0.200. The lowest BCUT2D eigenvalue weighted by atomic mass is 10.1. The van der Waals surface area contributed by atoms with Gasteiger partial charge in [-0.25, -0.2) is 0 Å². The van der Waals surface area contributed by atoms with Gasteiger partial charge in [-0.3, -0.25) is 9.59 Å². The number of nitrogens with one attached hydrogen (secondary N) is 1. The Morgan fingerprint density at radius 2 is 2.08 bits per heavy atom. The maximum absolute atomic E-state index is 13.0. The van der Waals surface area contributed by atoms with E-state index < -0.39 is 6.04 Å². The average Bonchev–Trinajstić information content (AvgIpc) is 2.87. The van der Waals surface area contributed by atoms with Crippen molar-refractivity contribution in [3.63, 3.8) is 0 Å². The van der Waals surface area contributed by atoms with Gasteiger partial charge in [0.2, 0.25) is 5.91 Å². The second-order valence-corrected chi connectivity index (χ2v) is 6.35. The summed E-state index contributed by atoms with van der Waals surface area (Å²) in [5.74, 6) is 0.185. The van der Waals surface area contributed by atoms with Gasteiger partial charge in [-0.1, -0.05) is 54.6 Å². The van der Waals surface area contributed by atoms with E-state index in [-0.39, 0.29) is 11.8 Å². The predicted octanol–water partition coefficient (Wildman–Crippen LogP) is 3.63. The molecule has 2 aromatic rings. The number of hydrogen-bond donors (Lipinski definition) is 1. The number of ether oxygens (including phenoxy) is 1. The number of carbonyl (C=O) groups excluding carboxylic acids is 2. The Bertz CT molecular complexity index is 866. The molecule has 0 spiro atoms. The summed E-state index contributed by atoms with van der Waals surface area (Å²) in [5.41, 5.74) is 2.16. The van der Waals surface area contributed by atoms with Crippen LogP contribution in [0.4, 0.5) is 5.69 Å². The van der Waals surface area contributed by atoms with Crippen molar-refractivity contribution in [1.82, 2.24) is 5.32 Å². The van der Waals surface area contributed by atoms with Gasteiger partial charge in [0.15, 0.2) is 0 Å². The predicted molar refractivity (Wildman–Crippen MR) is 101 cm³/mol. The second kappa shape index (κ2) is 7.62. The van der Waals surface area contributed by atoms with Crippen molar-refractivity contribution in [1.29, 1.82) is 0 Å². The second-order valence-electron chi connectivity index (χ2n) is 5.94. The third kappa shape index (κ3) is 3.44. The number of anilines is 1. The number of hydrogen-bond acceptors (Lipinski definition) is 3. The summed E-state index contributed by atoms with van der Waals surface area (Å²) in [4.78, 5) is 26.1. The lowest BCUT2D eigenvalue weighted by molar-refractivity contribution is -0.126. The van der Waals surface area contributed by atoms with Crippen LogP contribution in [0.25, 0.3) is 0 Å². The van der Waals surface area contributed by atoms with E-state index >= 15 is 0 Å². The molecule has 0 aromatic heterocycles. The highest BCUT2D eigenvalue weighted by molar-refractivity contribution is 6.34. The highest BCUT2D eigenvalue weighted by atomic mass is 35.5. The quantitative estimate of drug-likeness (QED) is 0.790. The van der Waals surface area contributed by atoms with E-state index in [0.717, 1.165) is 5.56 Å². The molecule has 5 nitrogen and oxygen atoms in total. The maximum atomic E-state index is 13.0. The molecule has 0 radical (unpaired) electrons. The summed E-state index contributed by atoms with van der Waals surface area (Å²) >= 11 is 6.37. The van der Waals surface area contributed by atoms with Crippen LogP contribution in [0.15, 0.2) is 55.1 Å². The molecule has 2 amide bonds. The molecule has 0 bridgehead atoms. The Hall–Kier alpha value is -2.79. The van der Waals surface area contributed by atoms with E-state index in [2.05, 4.69) is 11.9 Å². The van der Waals surface area contributed by atoms with Gasteiger partial charge in [0.1, 0.15) is 18.4 Å². The molecule has 0 unspecified atom stereocenters. The topological polar surface area (TPSA) is 58.6 Å². The number of benzene rings is 2. The first-order valence-electron chi connectivity index (χ1n) is 8.21. The third-order valence-corrected chi connectivity index (χ3v) is 4.42. The van der Waals surface area contributed by atoms with Crippen LogP contribution >= 0.6 is 11.6 Å². The molecule has 134 valence electrons. The van der Waals surface area contributed by atoms with E-state index in [1.54, 1.807) is 29.2 Å². The summed E-state index contributed by atoms with van der Waals surface area (Å²) in [6.07, 6.45) is 1.66. The van der Waals surface area contributed by atoms with Gasteiger partial charge in [0, 0.05) is 18.1 Å². The maximum Gasteiger partial charge on any atom is 0.254 e. The summed E-state index contributed by atoms with van der Waals surface area (Å²) in [6.45, 7) is 5.70. The van der Waals surface area contributed by atoms with Crippen LogP contribution in [-0.2, 0) is 16.1 Å². The lowest BCUT2D eigenvalue weighted by Crippen LogP contribution is -2.36. The Morgan fingerprint density at radius 3 is 2.81 bits per heavy atom. The minimum atomic E-state index is -0.734. The highest BCUT2D eigenvalue weighted by Crippen LogP contribution is 2.42. The summed E-state index contributed by atoms with van der Waals surface area (Å²) in [7, 11) is 0. The molecule has 3 rings (SSSR count). The fourth-order valence-electron chi connectivity index (χ4n) is 3.04. The van der Waals surface area contributed by atoms with Crippen molar-refractivity contribution in [2.24, 2.45) is 0 Å². The molecule has 6 heteroatoms. The molecule has 0 fully saturated rings. The van der Waals surface area contributed by atoms with Crippen molar-refractivity contribution in [3.05, 3.63) is 71.3 Å². The standard InChI is InChI=1S/C20H19ClN2O3/c1-3-11-26-17-10-5-4-7-14(17)12-23-19-15(8-6-9-16(19)21)18(20(23)25)22-13(2)24/h3-10,18H,1,11-12H2,2H3,(H,22,24)/t18-/m0/s1. The van der Waals surface area contributed by atoms with E-state index in [4.69, 9.17) is 16.3 Å². The van der Waals surface area contributed by atoms with E-state index in [9.17, 15) is 9.59 Å². The zero-order valence-corrected chi connectivity index (χ0v) is 15.1. The lowest BCUT2D eigenvalue weighted by Gasteiger charge is -2.20. The molecule has 2 aromatic carbocycles. The number of amides is 2. The fourth-order valence-corrected chi connectivity index (χ4v) is 3.33. The van der Waals surface area contributed by atoms with Gasteiger partial charge in [-0.2, -0.15) is 0 Å². The number of nitrogens with zero attached hydrogens (tertiary/aromatic N) is 1. The van der Waals surface area contributed by atoms with Crippen LogP contribution in [0, 0.1) is 0 Å². The van der Waals surface area contributed by atoms with Crippen LogP contribution in [-0.4, -0.2) is 18.4 Å². The molecule has 1 aliphatic rings. The van der Waals surface area contributed by atoms with Crippen molar-refractivity contribution in [2.45, 2.75) is 19.5 Å². The summed E-state index contributed by atoms with van der Waals surface area (Å²) in [5, 5.41) is 3.17. The van der Waals surface area contributed by atoms with E-state index in [1.807, 2.05) is 24.3 Å². The van der Waals surface area contributed by atoms with Gasteiger partial charge in [-0.15, -0.1) is 0 Å². The zero-order valence-electron chi connectivity index (χ0n) is 14.4. The first kappa shape index (κ1) is 18.0. The molecule has 1 N–H and O–H groups in total. The number of carbonyl (C=O) groups is 2. The van der Waals surface area contributed by atoms with Gasteiger partial charge in [-0.05, 0) is 12.1 Å². The van der Waals surface area contributed by atoms with Gasteiger partial charge >= 0.3 is 0 Å². The first-order valence-corrected chi connectivity index (χ1v) is 8.59. The molecule has 1 atom stereocenters. The third-order valence-electron chi connectivity index (χ3n) is 4.12. The van der Waals surface area contributed by atoms with Gasteiger partial charge in [0.05, 0.1) is 17.3 Å². The first-order chi connectivity index (χ1) is 12.5. The molecule has 1 aliphatic heterocycles. The number of rotatable bonds is 6. The molecule has 0 saturated carbocycles. The van der Waals surface area contributed by atoms with Crippen LogP contribution in [0.3, 0.4) is 0 Å². The van der Waals surface area contributed by atoms with Crippen LogP contribution in [0.5, 0.6) is 5.75 Å². The van der Waals surface area contributed by atoms with Gasteiger partial charge in [0.25, 0.3) is 5.91 Å². The Balaban J connectivity index is 1.98. The van der Waals surface area contributed by atoms with E-state index in [1.165, 1.54) is 6.92 Å². The minimum absolute atomic E-state index is 0.221. The van der Waals surface area contributed by atoms with Crippen LogP contribution < -0.4 is 15.0 Å². The van der Waals surface area contributed by atoms with Gasteiger partial charge < -0.3 is 15.0 Å². The summed E-state index contributed by atoms with van der Waals surface area (Å²) < 4.78 is 5.68. The van der Waals surface area contributed by atoms with Crippen molar-refractivity contribution in [3.8, 4) is 5.75 Å². The van der Waals surface area contributed by atoms with Crippen LogP contribution in [0.2, 0.25) is 5.02 Å². The van der Waals surface area contributed by atoms with E-state index in [0.29, 0.717) is 35.2 Å². The van der Waals surface area contributed by atoms with Crippen molar-refractivity contribution in [2.75, 3.05) is 11.5 Å². The molecular formula is C20H19ClN2O3. The Labute approximate surface area is 157 Å².